The highest BCUT2D eigenvalue weighted by atomic mass is 35.5. The van der Waals surface area contributed by atoms with Gasteiger partial charge in [-0.1, -0.05) is 16.8 Å². The second-order valence-electron chi connectivity index (χ2n) is 6.73. The molecule has 0 radical (unpaired) electrons. The molecule has 14 nitrogen and oxygen atoms in total. The molecule has 0 spiro atoms. The third-order valence-corrected chi connectivity index (χ3v) is 5.01. The lowest BCUT2D eigenvalue weighted by molar-refractivity contribution is -0.389. The van der Waals surface area contributed by atoms with Gasteiger partial charge in [-0.15, -0.1) is 0 Å². The molecule has 3 heterocycles. The predicted octanol–water partition coefficient (Wildman–Crippen LogP) is 1.08. The normalized spacial score (nSPS) is 11.9. The number of nitro groups is 1. The fraction of sp³-hybridized carbons (Fsp3) is 0.278. The second-order valence-corrected chi connectivity index (χ2v) is 7.11. The molecule has 0 saturated heterocycles. The Labute approximate surface area is 189 Å². The van der Waals surface area contributed by atoms with Gasteiger partial charge in [0, 0.05) is 18.7 Å². The molecule has 0 atom stereocenters. The van der Waals surface area contributed by atoms with E-state index in [2.05, 4.69) is 25.9 Å². The number of hydrogen-bond donors (Lipinski definition) is 2. The number of rotatable bonds is 8. The summed E-state index contributed by atoms with van der Waals surface area (Å²) in [6.07, 6.45) is 0. The Kier molecular flexibility index (Phi) is 6.08. The smallest absolute Gasteiger partial charge is 0.408 e. The van der Waals surface area contributed by atoms with E-state index in [4.69, 9.17) is 25.6 Å². The van der Waals surface area contributed by atoms with Crippen LogP contribution in [0.15, 0.2) is 22.7 Å². The highest BCUT2D eigenvalue weighted by molar-refractivity contribution is 6.33. The number of carbonyl (C=O) groups is 2. The average Bonchev–Trinajstić information content (AvgIpc) is 3.52. The van der Waals surface area contributed by atoms with Crippen LogP contribution in [0.5, 0.6) is 11.5 Å². The Morgan fingerprint density at radius 2 is 2.00 bits per heavy atom. The van der Waals surface area contributed by atoms with Gasteiger partial charge in [-0.25, -0.2) is 0 Å². The first kappa shape index (κ1) is 22.0. The first-order valence-corrected chi connectivity index (χ1v) is 9.87. The number of halogens is 1. The van der Waals surface area contributed by atoms with Crippen LogP contribution < -0.4 is 20.1 Å². The number of carbonyl (C=O) groups excluding carboxylic acids is 2. The van der Waals surface area contributed by atoms with Gasteiger partial charge in [0.15, 0.2) is 16.5 Å². The van der Waals surface area contributed by atoms with E-state index < -0.39 is 22.6 Å². The standard InChI is InChI=1S/C18H16ClN7O7/c1-9-14(19)16(26(29)30)23-25(9)7-13(27)20-4-5-21-17(28)18-22-15(24-33-18)10-2-3-11-12(6-10)32-8-31-11/h2-3,6H,4-5,7-8H2,1H3,(H,20,27)(H,21,28). The molecule has 2 N–H and O–H groups in total. The first-order valence-electron chi connectivity index (χ1n) is 9.49. The van der Waals surface area contributed by atoms with Crippen molar-refractivity contribution in [2.75, 3.05) is 19.9 Å². The van der Waals surface area contributed by atoms with Gasteiger partial charge in [0.25, 0.3) is 0 Å². The Hall–Kier alpha value is -4.20. The van der Waals surface area contributed by atoms with Gasteiger partial charge in [0.2, 0.25) is 18.5 Å². The number of hydrogen-bond acceptors (Lipinski definition) is 10. The van der Waals surface area contributed by atoms with Crippen molar-refractivity contribution in [3.8, 4) is 22.9 Å². The summed E-state index contributed by atoms with van der Waals surface area (Å²) in [5, 5.41) is 23.3. The molecule has 4 rings (SSSR count). The zero-order valence-corrected chi connectivity index (χ0v) is 17.8. The fourth-order valence-corrected chi connectivity index (χ4v) is 3.10. The van der Waals surface area contributed by atoms with Gasteiger partial charge in [-0.05, 0) is 30.0 Å². The minimum Gasteiger partial charge on any atom is -0.454 e. The molecule has 1 aromatic carbocycles. The van der Waals surface area contributed by atoms with Crippen molar-refractivity contribution in [2.45, 2.75) is 13.5 Å². The molecule has 0 unspecified atom stereocenters. The van der Waals surface area contributed by atoms with Crippen molar-refractivity contribution in [1.29, 1.82) is 0 Å². The van der Waals surface area contributed by atoms with Crippen LogP contribution in [-0.2, 0) is 11.3 Å². The maximum Gasteiger partial charge on any atom is 0.408 e. The minimum atomic E-state index is -0.727. The van der Waals surface area contributed by atoms with Crippen LogP contribution >= 0.6 is 11.6 Å². The maximum atomic E-state index is 12.2. The number of benzene rings is 1. The van der Waals surface area contributed by atoms with E-state index >= 15 is 0 Å². The van der Waals surface area contributed by atoms with E-state index in [0.717, 1.165) is 4.68 Å². The van der Waals surface area contributed by atoms with Crippen molar-refractivity contribution in [2.24, 2.45) is 0 Å². The van der Waals surface area contributed by atoms with E-state index in [9.17, 15) is 19.7 Å². The molecule has 2 amide bonds. The third kappa shape index (κ3) is 4.69. The summed E-state index contributed by atoms with van der Waals surface area (Å²) in [5.74, 6) is -0.503. The Morgan fingerprint density at radius 1 is 1.24 bits per heavy atom. The summed E-state index contributed by atoms with van der Waals surface area (Å²) >= 11 is 5.84. The summed E-state index contributed by atoms with van der Waals surface area (Å²) in [7, 11) is 0. The van der Waals surface area contributed by atoms with Crippen LogP contribution in [0, 0.1) is 17.0 Å². The van der Waals surface area contributed by atoms with Crippen LogP contribution in [0.2, 0.25) is 5.02 Å². The molecule has 0 saturated carbocycles. The minimum absolute atomic E-state index is 0.0747. The van der Waals surface area contributed by atoms with E-state index in [1.54, 1.807) is 18.2 Å². The molecule has 172 valence electrons. The van der Waals surface area contributed by atoms with Crippen LogP contribution in [-0.4, -0.2) is 56.5 Å². The molecular weight excluding hydrogens is 462 g/mol. The summed E-state index contributed by atoms with van der Waals surface area (Å²) in [6, 6.07) is 5.08. The Balaban J connectivity index is 1.25. The van der Waals surface area contributed by atoms with Crippen LogP contribution in [0.1, 0.15) is 16.4 Å². The van der Waals surface area contributed by atoms with E-state index in [1.807, 2.05) is 0 Å². The average molecular weight is 478 g/mol. The number of aromatic nitrogens is 4. The third-order valence-electron chi connectivity index (χ3n) is 4.57. The lowest BCUT2D eigenvalue weighted by atomic mass is 10.2. The Bertz CT molecular complexity index is 1240. The molecular formula is C18H16ClN7O7. The topological polar surface area (TPSA) is 177 Å². The lowest BCUT2D eigenvalue weighted by Crippen LogP contribution is -2.36. The number of amides is 2. The molecule has 3 aromatic rings. The zero-order valence-electron chi connectivity index (χ0n) is 17.0. The largest absolute Gasteiger partial charge is 0.454 e. The summed E-state index contributed by atoms with van der Waals surface area (Å²) in [4.78, 5) is 38.5. The first-order chi connectivity index (χ1) is 15.8. The van der Waals surface area contributed by atoms with Gasteiger partial charge in [-0.3, -0.25) is 9.59 Å². The molecule has 1 aliphatic heterocycles. The quantitative estimate of drug-likeness (QED) is 0.271. The molecule has 0 bridgehead atoms. The SMILES string of the molecule is Cc1c(Cl)c([N+](=O)[O-])nn1CC(=O)NCCNC(=O)c1nc(-c2ccc3c(c2)OCO3)no1. The summed E-state index contributed by atoms with van der Waals surface area (Å²) in [6.45, 7) is 1.54. The number of ether oxygens (including phenoxy) is 2. The van der Waals surface area contributed by atoms with Gasteiger partial charge in [0.1, 0.15) is 6.54 Å². The van der Waals surface area contributed by atoms with Crippen molar-refractivity contribution >= 4 is 29.2 Å². The number of nitrogens with zero attached hydrogens (tertiary/aromatic N) is 5. The van der Waals surface area contributed by atoms with Gasteiger partial charge < -0.3 is 34.7 Å². The monoisotopic (exact) mass is 477 g/mol. The lowest BCUT2D eigenvalue weighted by Gasteiger charge is -2.05. The van der Waals surface area contributed by atoms with Crippen molar-refractivity contribution in [3.63, 3.8) is 0 Å². The van der Waals surface area contributed by atoms with E-state index in [-0.39, 0.29) is 43.2 Å². The fourth-order valence-electron chi connectivity index (χ4n) is 2.89. The molecule has 0 aliphatic carbocycles. The van der Waals surface area contributed by atoms with Crippen LogP contribution in [0.4, 0.5) is 5.82 Å². The molecule has 1 aliphatic rings. The van der Waals surface area contributed by atoms with Gasteiger partial charge in [0.05, 0.1) is 10.8 Å². The van der Waals surface area contributed by atoms with Crippen molar-refractivity contribution in [3.05, 3.63) is 44.9 Å². The summed E-state index contributed by atoms with van der Waals surface area (Å²) in [5.41, 5.74) is 0.880. The zero-order chi connectivity index (χ0) is 23.5. The second kappa shape index (κ2) is 9.12. The van der Waals surface area contributed by atoms with Crippen molar-refractivity contribution in [1.82, 2.24) is 30.6 Å². The molecule has 33 heavy (non-hydrogen) atoms. The predicted molar refractivity (Wildman–Crippen MR) is 110 cm³/mol. The highest BCUT2D eigenvalue weighted by Gasteiger charge is 2.25. The summed E-state index contributed by atoms with van der Waals surface area (Å²) < 4.78 is 16.7. The number of nitrogens with one attached hydrogen (secondary N) is 2. The highest BCUT2D eigenvalue weighted by Crippen LogP contribution is 2.35. The van der Waals surface area contributed by atoms with E-state index in [0.29, 0.717) is 22.8 Å². The molecule has 15 heteroatoms. The van der Waals surface area contributed by atoms with Gasteiger partial charge in [-0.2, -0.15) is 9.67 Å². The Morgan fingerprint density at radius 3 is 2.76 bits per heavy atom. The maximum absolute atomic E-state index is 12.2. The van der Waals surface area contributed by atoms with Crippen LogP contribution in [0.3, 0.4) is 0 Å². The number of fused-ring (bicyclic) bond motifs is 1. The van der Waals surface area contributed by atoms with Crippen LogP contribution in [0.25, 0.3) is 11.4 Å². The van der Waals surface area contributed by atoms with Gasteiger partial charge >= 0.3 is 17.6 Å². The molecule has 2 aromatic heterocycles. The van der Waals surface area contributed by atoms with Crippen molar-refractivity contribution < 1.29 is 28.5 Å². The molecule has 0 fully saturated rings. The van der Waals surface area contributed by atoms with E-state index in [1.165, 1.54) is 6.92 Å².